The minimum absolute atomic E-state index is 0.327. The Labute approximate surface area is 183 Å². The lowest BCUT2D eigenvalue weighted by atomic mass is 9.92. The second kappa shape index (κ2) is 9.14. The Morgan fingerprint density at radius 1 is 1.10 bits per heavy atom. The molecule has 1 aromatic heterocycles. The number of thiophene rings is 1. The van der Waals surface area contributed by atoms with E-state index >= 15 is 0 Å². The Kier molecular flexibility index (Phi) is 6.74. The van der Waals surface area contributed by atoms with Crippen molar-refractivity contribution in [3.8, 4) is 16.2 Å². The first-order valence-corrected chi connectivity index (χ1v) is 10.6. The molecule has 1 atom stereocenters. The van der Waals surface area contributed by atoms with Gasteiger partial charge < -0.3 is 9.47 Å². The molecule has 0 spiro atoms. The van der Waals surface area contributed by atoms with Crippen LogP contribution in [-0.2, 0) is 16.0 Å². The van der Waals surface area contributed by atoms with Crippen molar-refractivity contribution < 1.29 is 27.4 Å². The van der Waals surface area contributed by atoms with E-state index in [9.17, 15) is 18.0 Å². The molecule has 164 valence electrons. The number of fused-ring (bicyclic) bond motifs is 1. The van der Waals surface area contributed by atoms with Crippen LogP contribution in [0.15, 0.2) is 61.2 Å². The van der Waals surface area contributed by atoms with E-state index in [4.69, 9.17) is 4.74 Å². The lowest BCUT2D eigenvalue weighted by Gasteiger charge is -2.31. The Morgan fingerprint density at radius 2 is 1.81 bits per heavy atom. The molecule has 7 heteroatoms. The van der Waals surface area contributed by atoms with Gasteiger partial charge in [-0.25, -0.2) is 4.79 Å². The predicted octanol–water partition coefficient (Wildman–Crippen LogP) is 6.81. The van der Waals surface area contributed by atoms with Gasteiger partial charge in [0.1, 0.15) is 24.4 Å². The van der Waals surface area contributed by atoms with E-state index in [2.05, 4.69) is 48.6 Å². The topological polar surface area (TPSA) is 35.5 Å². The van der Waals surface area contributed by atoms with Gasteiger partial charge in [-0.1, -0.05) is 37.8 Å². The zero-order valence-electron chi connectivity index (χ0n) is 17.3. The highest BCUT2D eigenvalue weighted by atomic mass is 32.1. The van der Waals surface area contributed by atoms with E-state index in [1.54, 1.807) is 23.5 Å². The van der Waals surface area contributed by atoms with E-state index in [0.29, 0.717) is 5.75 Å². The summed E-state index contributed by atoms with van der Waals surface area (Å²) in [5.41, 5.74) is 0.00371. The van der Waals surface area contributed by atoms with Crippen LogP contribution < -0.4 is 4.74 Å². The molecule has 0 aliphatic heterocycles. The molecule has 0 radical (unpaired) electrons. The van der Waals surface area contributed by atoms with E-state index < -0.39 is 30.8 Å². The van der Waals surface area contributed by atoms with Crippen LogP contribution >= 0.6 is 11.3 Å². The number of rotatable bonds is 8. The molecule has 1 heterocycles. The summed E-state index contributed by atoms with van der Waals surface area (Å²) in [5.74, 6) is -0.581. The number of hydrogen-bond acceptors (Lipinski definition) is 4. The highest BCUT2D eigenvalue weighted by Gasteiger charge is 2.53. The third-order valence-electron chi connectivity index (χ3n) is 5.08. The summed E-state index contributed by atoms with van der Waals surface area (Å²) in [6, 6.07) is 15.6. The Morgan fingerprint density at radius 3 is 2.42 bits per heavy atom. The molecule has 0 saturated heterocycles. The number of carbonyl (C=O) groups is 1. The lowest BCUT2D eigenvalue weighted by molar-refractivity contribution is -0.240. The molecule has 31 heavy (non-hydrogen) atoms. The van der Waals surface area contributed by atoms with Gasteiger partial charge in [0.15, 0.2) is 0 Å². The van der Waals surface area contributed by atoms with Crippen LogP contribution in [0.4, 0.5) is 13.2 Å². The summed E-state index contributed by atoms with van der Waals surface area (Å²) >= 11 is 1.55. The fraction of sp³-hybridized carbons (Fsp3) is 0.292. The second-order valence-electron chi connectivity index (χ2n) is 7.52. The number of halogens is 3. The third-order valence-corrected chi connectivity index (χ3v) is 6.23. The maximum absolute atomic E-state index is 13.6. The van der Waals surface area contributed by atoms with Crippen molar-refractivity contribution in [1.82, 2.24) is 0 Å². The van der Waals surface area contributed by atoms with Crippen LogP contribution in [0.25, 0.3) is 20.5 Å². The van der Waals surface area contributed by atoms with Gasteiger partial charge in [-0.3, -0.25) is 0 Å². The van der Waals surface area contributed by atoms with Crippen molar-refractivity contribution in [3.63, 3.8) is 0 Å². The zero-order chi connectivity index (χ0) is 22.6. The Balaban J connectivity index is 1.77. The normalized spacial score (nSPS) is 13.6. The lowest BCUT2D eigenvalue weighted by Crippen LogP contribution is -2.44. The highest BCUT2D eigenvalue weighted by Crippen LogP contribution is 2.40. The van der Waals surface area contributed by atoms with Crippen LogP contribution in [0.3, 0.4) is 0 Å². The van der Waals surface area contributed by atoms with E-state index in [-0.39, 0.29) is 0 Å². The van der Waals surface area contributed by atoms with Crippen LogP contribution in [0.1, 0.15) is 19.4 Å². The number of aryl methyl sites for hydroxylation is 1. The number of esters is 1. The molecule has 0 N–H and O–H groups in total. The first-order valence-electron chi connectivity index (χ1n) is 9.77. The molecule has 0 fully saturated rings. The van der Waals surface area contributed by atoms with Crippen molar-refractivity contribution >= 4 is 27.4 Å². The molecule has 3 aromatic rings. The fourth-order valence-electron chi connectivity index (χ4n) is 2.89. The van der Waals surface area contributed by atoms with Crippen LogP contribution in [0.5, 0.6) is 5.75 Å². The van der Waals surface area contributed by atoms with Gasteiger partial charge in [-0.05, 0) is 54.1 Å². The maximum atomic E-state index is 13.6. The fourth-order valence-corrected chi connectivity index (χ4v) is 3.98. The first-order chi connectivity index (χ1) is 14.6. The van der Waals surface area contributed by atoms with E-state index in [0.717, 1.165) is 39.9 Å². The van der Waals surface area contributed by atoms with Gasteiger partial charge in [-0.15, -0.1) is 11.3 Å². The smallest absolute Gasteiger partial charge is 0.400 e. The largest absolute Gasteiger partial charge is 0.492 e. The molecule has 0 saturated carbocycles. The molecule has 1 unspecified atom stereocenters. The van der Waals surface area contributed by atoms with Crippen LogP contribution in [-0.4, -0.2) is 25.4 Å². The standard InChI is InChI=1S/C24H23F3O3S/c1-4-16-6-8-17(9-7-16)20-12-18-10-11-19(13-21(18)31-20)29-14-23(3,24(25,26)27)15-30-22(28)5-2/h5-13H,2,4,14-15H2,1,3H3. The van der Waals surface area contributed by atoms with Gasteiger partial charge in [0.05, 0.1) is 0 Å². The molecule has 2 aromatic carbocycles. The molecule has 3 nitrogen and oxygen atoms in total. The Hall–Kier alpha value is -2.80. The summed E-state index contributed by atoms with van der Waals surface area (Å²) in [7, 11) is 0. The van der Waals surface area contributed by atoms with Crippen molar-refractivity contribution in [2.45, 2.75) is 26.4 Å². The monoisotopic (exact) mass is 448 g/mol. The number of hydrogen-bond donors (Lipinski definition) is 0. The van der Waals surface area contributed by atoms with Gasteiger partial charge in [0.25, 0.3) is 0 Å². The number of benzene rings is 2. The summed E-state index contributed by atoms with van der Waals surface area (Å²) < 4.78 is 51.8. The summed E-state index contributed by atoms with van der Waals surface area (Å²) in [6.07, 6.45) is -2.81. The summed E-state index contributed by atoms with van der Waals surface area (Å²) in [5, 5.41) is 0.991. The van der Waals surface area contributed by atoms with Crippen LogP contribution in [0.2, 0.25) is 0 Å². The zero-order valence-corrected chi connectivity index (χ0v) is 18.1. The van der Waals surface area contributed by atoms with Gasteiger partial charge in [0, 0.05) is 15.7 Å². The Bertz CT molecular complexity index is 1070. The van der Waals surface area contributed by atoms with E-state index in [1.807, 2.05) is 6.07 Å². The predicted molar refractivity (Wildman–Crippen MR) is 117 cm³/mol. The first kappa shape index (κ1) is 22.9. The van der Waals surface area contributed by atoms with Gasteiger partial charge in [-0.2, -0.15) is 13.2 Å². The van der Waals surface area contributed by atoms with Gasteiger partial charge >= 0.3 is 12.1 Å². The van der Waals surface area contributed by atoms with Crippen molar-refractivity contribution in [2.24, 2.45) is 5.41 Å². The minimum atomic E-state index is -4.61. The number of carbonyl (C=O) groups excluding carboxylic acids is 1. The minimum Gasteiger partial charge on any atom is -0.492 e. The third kappa shape index (κ3) is 5.28. The average Bonchev–Trinajstić information content (AvgIpc) is 3.18. The van der Waals surface area contributed by atoms with Crippen molar-refractivity contribution in [2.75, 3.05) is 13.2 Å². The molecular formula is C24H23F3O3S. The van der Waals surface area contributed by atoms with Gasteiger partial charge in [0.2, 0.25) is 0 Å². The molecular weight excluding hydrogens is 425 g/mol. The number of alkyl halides is 3. The maximum Gasteiger partial charge on any atom is 0.400 e. The van der Waals surface area contributed by atoms with Crippen molar-refractivity contribution in [1.29, 1.82) is 0 Å². The second-order valence-corrected chi connectivity index (χ2v) is 8.60. The number of ether oxygens (including phenoxy) is 2. The van der Waals surface area contributed by atoms with Crippen molar-refractivity contribution in [3.05, 3.63) is 66.7 Å². The molecule has 0 amide bonds. The molecule has 0 aliphatic rings. The quantitative estimate of drug-likeness (QED) is 0.281. The van der Waals surface area contributed by atoms with Crippen LogP contribution in [0, 0.1) is 5.41 Å². The molecule has 0 aliphatic carbocycles. The summed E-state index contributed by atoms with van der Waals surface area (Å²) in [6.45, 7) is 4.73. The summed E-state index contributed by atoms with van der Waals surface area (Å²) in [4.78, 5) is 12.3. The SMILES string of the molecule is C=CC(=O)OCC(C)(COc1ccc2cc(-c3ccc(CC)cc3)sc2c1)C(F)(F)F. The molecule has 0 bridgehead atoms. The average molecular weight is 449 g/mol. The molecule has 3 rings (SSSR count). The highest BCUT2D eigenvalue weighted by molar-refractivity contribution is 7.22. The van der Waals surface area contributed by atoms with E-state index in [1.165, 1.54) is 5.56 Å².